The number of amides is 1. The maximum Gasteiger partial charge on any atom is 0.252 e. The molecule has 0 spiro atoms. The maximum atomic E-state index is 13.4. The molecule has 0 unspecified atom stereocenters. The number of carbonyl (C=O) groups is 1. The van der Waals surface area contributed by atoms with Gasteiger partial charge in [-0.05, 0) is 43.6 Å². The van der Waals surface area contributed by atoms with Gasteiger partial charge < -0.3 is 15.4 Å². The first kappa shape index (κ1) is 19.9. The highest BCUT2D eigenvalue weighted by Crippen LogP contribution is 2.25. The first-order chi connectivity index (χ1) is 10.4. The molecule has 0 aliphatic carbocycles. The van der Waals surface area contributed by atoms with Crippen molar-refractivity contribution in [3.63, 3.8) is 0 Å². The Bertz CT molecular complexity index is 531. The van der Waals surface area contributed by atoms with Crippen LogP contribution in [0.1, 0.15) is 32.3 Å². The highest BCUT2D eigenvalue weighted by molar-refractivity contribution is 5.85. The molecule has 1 saturated heterocycles. The third-order valence-electron chi connectivity index (χ3n) is 4.51. The number of benzene rings is 1. The molecule has 1 aromatic carbocycles. The van der Waals surface area contributed by atoms with Crippen molar-refractivity contribution in [1.29, 1.82) is 0 Å². The number of halogens is 2. The van der Waals surface area contributed by atoms with Gasteiger partial charge in [0.25, 0.3) is 5.91 Å². The van der Waals surface area contributed by atoms with Crippen molar-refractivity contribution in [3.05, 3.63) is 35.6 Å². The first-order valence-electron chi connectivity index (χ1n) is 7.70. The predicted molar refractivity (Wildman–Crippen MR) is 91.5 cm³/mol. The zero-order valence-electron chi connectivity index (χ0n) is 13.9. The summed E-state index contributed by atoms with van der Waals surface area (Å²) in [6.45, 7) is 5.96. The number of carbonyl (C=O) groups excluding carboxylic acids is 1. The van der Waals surface area contributed by atoms with Crippen LogP contribution in [0.3, 0.4) is 0 Å². The molecule has 6 heteroatoms. The van der Waals surface area contributed by atoms with Crippen molar-refractivity contribution in [1.82, 2.24) is 10.6 Å². The van der Waals surface area contributed by atoms with E-state index in [1.54, 1.807) is 13.2 Å². The van der Waals surface area contributed by atoms with E-state index in [4.69, 9.17) is 4.74 Å². The lowest BCUT2D eigenvalue weighted by Crippen LogP contribution is -2.55. The molecule has 1 aromatic rings. The van der Waals surface area contributed by atoms with E-state index in [9.17, 15) is 9.18 Å². The second-order valence-electron chi connectivity index (χ2n) is 6.53. The van der Waals surface area contributed by atoms with Crippen molar-refractivity contribution in [2.75, 3.05) is 26.7 Å². The summed E-state index contributed by atoms with van der Waals surface area (Å²) < 4.78 is 18.9. The molecule has 1 aliphatic rings. The molecule has 1 heterocycles. The fourth-order valence-electron chi connectivity index (χ4n) is 2.83. The van der Waals surface area contributed by atoms with Crippen LogP contribution in [-0.4, -0.2) is 38.3 Å². The third-order valence-corrected chi connectivity index (χ3v) is 4.51. The van der Waals surface area contributed by atoms with E-state index in [1.165, 1.54) is 12.1 Å². The second kappa shape index (κ2) is 8.08. The van der Waals surface area contributed by atoms with Gasteiger partial charge in [-0.1, -0.05) is 26.0 Å². The van der Waals surface area contributed by atoms with E-state index in [0.717, 1.165) is 18.7 Å². The minimum absolute atomic E-state index is 0. The van der Waals surface area contributed by atoms with Crippen molar-refractivity contribution < 1.29 is 13.9 Å². The molecule has 0 bridgehead atoms. The Morgan fingerprint density at radius 3 is 2.61 bits per heavy atom. The molecule has 1 fully saturated rings. The number of piperidine rings is 1. The van der Waals surface area contributed by atoms with E-state index in [-0.39, 0.29) is 29.5 Å². The van der Waals surface area contributed by atoms with E-state index in [2.05, 4.69) is 10.6 Å². The van der Waals surface area contributed by atoms with Gasteiger partial charge in [-0.2, -0.15) is 0 Å². The van der Waals surface area contributed by atoms with Crippen molar-refractivity contribution >= 4 is 18.3 Å². The Labute approximate surface area is 143 Å². The highest BCUT2D eigenvalue weighted by Gasteiger charge is 2.40. The van der Waals surface area contributed by atoms with Crippen LogP contribution >= 0.6 is 12.4 Å². The fraction of sp³-hybridized carbons (Fsp3) is 0.588. The van der Waals surface area contributed by atoms with Crippen molar-refractivity contribution in [2.24, 2.45) is 0 Å². The number of rotatable bonds is 5. The average Bonchev–Trinajstić information content (AvgIpc) is 2.53. The van der Waals surface area contributed by atoms with Gasteiger partial charge in [0.2, 0.25) is 0 Å². The van der Waals surface area contributed by atoms with E-state index in [0.29, 0.717) is 19.4 Å². The maximum absolute atomic E-state index is 13.4. The van der Waals surface area contributed by atoms with Gasteiger partial charge in [-0.25, -0.2) is 4.39 Å². The summed E-state index contributed by atoms with van der Waals surface area (Å²) in [7, 11) is 1.59. The summed E-state index contributed by atoms with van der Waals surface area (Å²) in [5, 5.41) is 6.22. The first-order valence-corrected chi connectivity index (χ1v) is 7.70. The molecule has 23 heavy (non-hydrogen) atoms. The number of hydrogen-bond donors (Lipinski definition) is 2. The lowest BCUT2D eigenvalue weighted by Gasteiger charge is -2.36. The van der Waals surface area contributed by atoms with Gasteiger partial charge in [-0.15, -0.1) is 12.4 Å². The summed E-state index contributed by atoms with van der Waals surface area (Å²) >= 11 is 0. The van der Waals surface area contributed by atoms with Crippen LogP contribution in [0.15, 0.2) is 24.3 Å². The molecular weight excluding hydrogens is 319 g/mol. The summed E-state index contributed by atoms with van der Waals surface area (Å²) in [5.41, 5.74) is -0.229. The van der Waals surface area contributed by atoms with Crippen LogP contribution in [0.2, 0.25) is 0 Å². The van der Waals surface area contributed by atoms with Crippen molar-refractivity contribution in [2.45, 2.75) is 37.7 Å². The molecule has 0 atom stereocenters. The second-order valence-corrected chi connectivity index (χ2v) is 6.53. The number of nitrogens with one attached hydrogen (secondary N) is 2. The summed E-state index contributed by atoms with van der Waals surface area (Å²) in [6.07, 6.45) is 1.32. The number of hydrogen-bond acceptors (Lipinski definition) is 3. The van der Waals surface area contributed by atoms with Crippen LogP contribution in [0.5, 0.6) is 0 Å². The van der Waals surface area contributed by atoms with Crippen LogP contribution in [-0.2, 0) is 14.9 Å². The third kappa shape index (κ3) is 4.66. The Morgan fingerprint density at radius 2 is 2.04 bits per heavy atom. The minimum atomic E-state index is -0.747. The van der Waals surface area contributed by atoms with Crippen LogP contribution in [0, 0.1) is 5.82 Å². The van der Waals surface area contributed by atoms with Crippen molar-refractivity contribution in [3.8, 4) is 0 Å². The Hall–Kier alpha value is -1.17. The SMILES string of the molecule is COC1(C(=O)NCC(C)(C)c2cccc(F)c2)CCNCC1.Cl. The Balaban J connectivity index is 0.00000264. The van der Waals surface area contributed by atoms with E-state index < -0.39 is 5.60 Å². The van der Waals surface area contributed by atoms with Crippen LogP contribution in [0.25, 0.3) is 0 Å². The standard InChI is InChI=1S/C17H25FN2O2.ClH/c1-16(2,13-5-4-6-14(18)11-13)12-20-15(21)17(22-3)7-9-19-10-8-17;/h4-6,11,19H,7-10,12H2,1-3H3,(H,20,21);1H. The largest absolute Gasteiger partial charge is 0.368 e. The summed E-state index contributed by atoms with van der Waals surface area (Å²) in [5.74, 6) is -0.343. The van der Waals surface area contributed by atoms with Gasteiger partial charge >= 0.3 is 0 Å². The van der Waals surface area contributed by atoms with Gasteiger partial charge in [0.15, 0.2) is 0 Å². The van der Waals surface area contributed by atoms with E-state index in [1.807, 2.05) is 19.9 Å². The topological polar surface area (TPSA) is 50.4 Å². The summed E-state index contributed by atoms with van der Waals surface area (Å²) in [6, 6.07) is 6.51. The van der Waals surface area contributed by atoms with Crippen LogP contribution < -0.4 is 10.6 Å². The molecule has 1 amide bonds. The minimum Gasteiger partial charge on any atom is -0.368 e. The normalized spacial score (nSPS) is 17.2. The number of methoxy groups -OCH3 is 1. The zero-order chi connectivity index (χ0) is 16.2. The average molecular weight is 345 g/mol. The van der Waals surface area contributed by atoms with Gasteiger partial charge in [-0.3, -0.25) is 4.79 Å². The molecule has 0 aromatic heterocycles. The fourth-order valence-corrected chi connectivity index (χ4v) is 2.83. The molecule has 4 nitrogen and oxygen atoms in total. The van der Waals surface area contributed by atoms with Gasteiger partial charge in [0.1, 0.15) is 11.4 Å². The number of ether oxygens (including phenoxy) is 1. The summed E-state index contributed by atoms with van der Waals surface area (Å²) in [4.78, 5) is 12.6. The lowest BCUT2D eigenvalue weighted by atomic mass is 9.84. The monoisotopic (exact) mass is 344 g/mol. The smallest absolute Gasteiger partial charge is 0.252 e. The molecular formula is C17H26ClFN2O2. The van der Waals surface area contributed by atoms with Gasteiger partial charge in [0.05, 0.1) is 0 Å². The molecule has 0 saturated carbocycles. The molecule has 1 aliphatic heterocycles. The Morgan fingerprint density at radius 1 is 1.39 bits per heavy atom. The quantitative estimate of drug-likeness (QED) is 0.862. The lowest BCUT2D eigenvalue weighted by molar-refractivity contribution is -0.146. The molecule has 0 radical (unpaired) electrons. The molecule has 130 valence electrons. The van der Waals surface area contributed by atoms with E-state index >= 15 is 0 Å². The zero-order valence-corrected chi connectivity index (χ0v) is 14.8. The van der Waals surface area contributed by atoms with Gasteiger partial charge in [0, 0.05) is 19.1 Å². The molecule has 2 N–H and O–H groups in total. The highest BCUT2D eigenvalue weighted by atomic mass is 35.5. The Kier molecular flexibility index (Phi) is 6.99. The molecule has 2 rings (SSSR count). The predicted octanol–water partition coefficient (Wildman–Crippen LogP) is 2.41. The van der Waals surface area contributed by atoms with Crippen LogP contribution in [0.4, 0.5) is 4.39 Å².